The van der Waals surface area contributed by atoms with Crippen molar-refractivity contribution in [2.24, 2.45) is 5.84 Å². The van der Waals surface area contributed by atoms with Gasteiger partial charge < -0.3 is 10.7 Å². The van der Waals surface area contributed by atoms with Crippen molar-refractivity contribution >= 4 is 29.1 Å². The van der Waals surface area contributed by atoms with Crippen LogP contribution in [0.15, 0.2) is 35.2 Å². The van der Waals surface area contributed by atoms with Crippen molar-refractivity contribution in [1.82, 2.24) is 9.97 Å². The van der Waals surface area contributed by atoms with E-state index < -0.39 is 0 Å². The largest absolute Gasteiger partial charge is 0.340 e. The number of rotatable bonds is 4. The molecule has 18 heavy (non-hydrogen) atoms. The molecule has 0 spiro atoms. The number of hydrazine groups is 1. The van der Waals surface area contributed by atoms with Gasteiger partial charge in [0.25, 0.3) is 0 Å². The zero-order valence-electron chi connectivity index (χ0n) is 10.3. The van der Waals surface area contributed by atoms with Crippen LogP contribution >= 0.6 is 11.8 Å². The van der Waals surface area contributed by atoms with Gasteiger partial charge in [0.15, 0.2) is 0 Å². The molecule has 0 radical (unpaired) electrons. The highest BCUT2D eigenvalue weighted by Gasteiger charge is 2.02. The lowest BCUT2D eigenvalue weighted by molar-refractivity contribution is 1.05. The summed E-state index contributed by atoms with van der Waals surface area (Å²) in [6, 6.07) is 9.89. The summed E-state index contributed by atoms with van der Waals surface area (Å²) in [7, 11) is 0. The van der Waals surface area contributed by atoms with Gasteiger partial charge in [-0.1, -0.05) is 6.07 Å². The van der Waals surface area contributed by atoms with E-state index in [1.165, 1.54) is 4.90 Å². The van der Waals surface area contributed by atoms with Gasteiger partial charge in [-0.3, -0.25) is 0 Å². The molecule has 0 aliphatic heterocycles. The van der Waals surface area contributed by atoms with Gasteiger partial charge in [-0.05, 0) is 31.4 Å². The Morgan fingerprint density at radius 2 is 1.94 bits per heavy atom. The standard InChI is InChI=1S/C12H15N5S/c1-8-14-11(7-12(15-8)17-13)16-9-4-3-5-10(6-9)18-2/h3-7H,13H2,1-2H3,(H2,14,15,16,17). The predicted octanol–water partition coefficient (Wildman–Crippen LogP) is 2.54. The van der Waals surface area contributed by atoms with Crippen LogP contribution in [-0.2, 0) is 0 Å². The van der Waals surface area contributed by atoms with Crippen LogP contribution in [0.5, 0.6) is 0 Å². The van der Waals surface area contributed by atoms with Crippen molar-refractivity contribution in [2.75, 3.05) is 17.0 Å². The second-order valence-corrected chi connectivity index (χ2v) is 4.57. The van der Waals surface area contributed by atoms with E-state index in [1.54, 1.807) is 17.8 Å². The van der Waals surface area contributed by atoms with Crippen molar-refractivity contribution in [1.29, 1.82) is 0 Å². The van der Waals surface area contributed by atoms with E-state index in [2.05, 4.69) is 32.8 Å². The maximum atomic E-state index is 5.36. The maximum absolute atomic E-state index is 5.36. The number of nitrogen functional groups attached to an aromatic ring is 1. The number of benzene rings is 1. The van der Waals surface area contributed by atoms with Crippen LogP contribution in [0.2, 0.25) is 0 Å². The molecule has 0 unspecified atom stereocenters. The van der Waals surface area contributed by atoms with Crippen molar-refractivity contribution in [3.63, 3.8) is 0 Å². The lowest BCUT2D eigenvalue weighted by Gasteiger charge is -2.09. The third-order valence-electron chi connectivity index (χ3n) is 2.33. The highest BCUT2D eigenvalue weighted by atomic mass is 32.2. The molecule has 0 fully saturated rings. The zero-order chi connectivity index (χ0) is 13.0. The lowest BCUT2D eigenvalue weighted by Crippen LogP contribution is -2.10. The van der Waals surface area contributed by atoms with Gasteiger partial charge in [-0.25, -0.2) is 15.8 Å². The molecule has 1 aromatic heterocycles. The number of hydrogen-bond donors (Lipinski definition) is 3. The van der Waals surface area contributed by atoms with Crippen LogP contribution in [0.25, 0.3) is 0 Å². The molecule has 6 heteroatoms. The summed E-state index contributed by atoms with van der Waals surface area (Å²) in [6.45, 7) is 1.82. The molecule has 2 rings (SSSR count). The Kier molecular flexibility index (Phi) is 4.01. The number of anilines is 3. The molecule has 94 valence electrons. The quantitative estimate of drug-likeness (QED) is 0.446. The average Bonchev–Trinajstić information content (AvgIpc) is 2.38. The number of nitrogens with zero attached hydrogens (tertiary/aromatic N) is 2. The number of nitrogens with one attached hydrogen (secondary N) is 2. The van der Waals surface area contributed by atoms with E-state index in [-0.39, 0.29) is 0 Å². The maximum Gasteiger partial charge on any atom is 0.145 e. The molecule has 4 N–H and O–H groups in total. The minimum Gasteiger partial charge on any atom is -0.340 e. The van der Waals surface area contributed by atoms with E-state index in [1.807, 2.05) is 25.3 Å². The number of aromatic nitrogens is 2. The van der Waals surface area contributed by atoms with Crippen molar-refractivity contribution in [3.8, 4) is 0 Å². The Labute approximate surface area is 110 Å². The van der Waals surface area contributed by atoms with E-state index in [0.717, 1.165) is 5.69 Å². The minimum atomic E-state index is 0.589. The summed E-state index contributed by atoms with van der Waals surface area (Å²) in [4.78, 5) is 9.64. The van der Waals surface area contributed by atoms with Crippen LogP contribution in [-0.4, -0.2) is 16.2 Å². The molecule has 1 heterocycles. The molecular formula is C12H15N5S. The number of thioether (sulfide) groups is 1. The number of hydrogen-bond acceptors (Lipinski definition) is 6. The first-order chi connectivity index (χ1) is 8.71. The fraction of sp³-hybridized carbons (Fsp3) is 0.167. The third kappa shape index (κ3) is 3.12. The smallest absolute Gasteiger partial charge is 0.145 e. The van der Waals surface area contributed by atoms with Gasteiger partial charge >= 0.3 is 0 Å². The summed E-state index contributed by atoms with van der Waals surface area (Å²) < 4.78 is 0. The van der Waals surface area contributed by atoms with Gasteiger partial charge in [0, 0.05) is 16.6 Å². The molecule has 0 aliphatic rings. The van der Waals surface area contributed by atoms with E-state index in [4.69, 9.17) is 5.84 Å². The molecule has 2 aromatic rings. The monoisotopic (exact) mass is 261 g/mol. The normalized spacial score (nSPS) is 10.2. The molecule has 0 amide bonds. The average molecular weight is 261 g/mol. The van der Waals surface area contributed by atoms with Crippen LogP contribution in [0.4, 0.5) is 17.3 Å². The van der Waals surface area contributed by atoms with Gasteiger partial charge in [0.1, 0.15) is 17.5 Å². The fourth-order valence-electron chi connectivity index (χ4n) is 1.55. The van der Waals surface area contributed by atoms with Gasteiger partial charge in [-0.2, -0.15) is 0 Å². The minimum absolute atomic E-state index is 0.589. The summed E-state index contributed by atoms with van der Waals surface area (Å²) >= 11 is 1.70. The fourth-order valence-corrected chi connectivity index (χ4v) is 2.01. The topological polar surface area (TPSA) is 75.9 Å². The first kappa shape index (κ1) is 12.7. The molecule has 0 atom stereocenters. The number of nitrogens with two attached hydrogens (primary N) is 1. The predicted molar refractivity (Wildman–Crippen MR) is 76.1 cm³/mol. The lowest BCUT2D eigenvalue weighted by atomic mass is 10.3. The van der Waals surface area contributed by atoms with E-state index in [0.29, 0.717) is 17.5 Å². The Morgan fingerprint density at radius 3 is 2.67 bits per heavy atom. The summed E-state index contributed by atoms with van der Waals surface area (Å²) in [5.41, 5.74) is 3.51. The molecule has 1 aromatic carbocycles. The molecule has 0 bridgehead atoms. The first-order valence-electron chi connectivity index (χ1n) is 5.44. The Morgan fingerprint density at radius 1 is 1.17 bits per heavy atom. The van der Waals surface area contributed by atoms with Crippen LogP contribution in [0.3, 0.4) is 0 Å². The SMILES string of the molecule is CSc1cccc(Nc2cc(NN)nc(C)n2)c1. The summed E-state index contributed by atoms with van der Waals surface area (Å²) in [5, 5.41) is 3.23. The first-order valence-corrected chi connectivity index (χ1v) is 6.67. The number of aryl methyl sites for hydroxylation is 1. The molecule has 0 saturated heterocycles. The van der Waals surface area contributed by atoms with Crippen molar-refractivity contribution in [2.45, 2.75) is 11.8 Å². The summed E-state index contributed by atoms with van der Waals surface area (Å²) in [6.07, 6.45) is 2.05. The Hall–Kier alpha value is -1.79. The van der Waals surface area contributed by atoms with Crippen LogP contribution in [0, 0.1) is 6.92 Å². The molecule has 0 aliphatic carbocycles. The Bertz CT molecular complexity index is 544. The van der Waals surface area contributed by atoms with Gasteiger partial charge in [0.05, 0.1) is 0 Å². The Balaban J connectivity index is 2.24. The van der Waals surface area contributed by atoms with Gasteiger partial charge in [0.2, 0.25) is 0 Å². The van der Waals surface area contributed by atoms with Crippen molar-refractivity contribution < 1.29 is 0 Å². The molecular weight excluding hydrogens is 246 g/mol. The van der Waals surface area contributed by atoms with E-state index in [9.17, 15) is 0 Å². The van der Waals surface area contributed by atoms with Crippen LogP contribution in [0.1, 0.15) is 5.82 Å². The zero-order valence-corrected chi connectivity index (χ0v) is 11.1. The summed E-state index contributed by atoms with van der Waals surface area (Å²) in [5.74, 6) is 7.32. The highest BCUT2D eigenvalue weighted by Crippen LogP contribution is 2.22. The molecule has 0 saturated carbocycles. The van der Waals surface area contributed by atoms with Crippen LogP contribution < -0.4 is 16.6 Å². The van der Waals surface area contributed by atoms with Gasteiger partial charge in [-0.15, -0.1) is 11.8 Å². The highest BCUT2D eigenvalue weighted by molar-refractivity contribution is 7.98. The third-order valence-corrected chi connectivity index (χ3v) is 3.05. The molecule has 5 nitrogen and oxygen atoms in total. The second-order valence-electron chi connectivity index (χ2n) is 3.69. The van der Waals surface area contributed by atoms with Crippen molar-refractivity contribution in [3.05, 3.63) is 36.2 Å². The van der Waals surface area contributed by atoms with E-state index >= 15 is 0 Å². The second kappa shape index (κ2) is 5.70.